The minimum Gasteiger partial charge on any atom is -0.481 e. The van der Waals surface area contributed by atoms with Crippen LogP contribution in [0.15, 0.2) is 36.0 Å². The highest BCUT2D eigenvalue weighted by atomic mass is 32.1. The van der Waals surface area contributed by atoms with Gasteiger partial charge in [0.25, 0.3) is 5.91 Å². The molecule has 2 aromatic rings. The molecular formula is C14H14N2O3S. The van der Waals surface area contributed by atoms with E-state index in [0.717, 1.165) is 5.56 Å². The number of nitrogens with one attached hydrogen (secondary N) is 1. The van der Waals surface area contributed by atoms with Crippen LogP contribution >= 0.6 is 11.3 Å². The summed E-state index contributed by atoms with van der Waals surface area (Å²) in [5, 5.41) is 11.5. The first-order chi connectivity index (χ1) is 9.56. The molecule has 1 aromatic carbocycles. The third-order valence-corrected chi connectivity index (χ3v) is 3.65. The molecule has 104 valence electrons. The highest BCUT2D eigenvalue weighted by molar-refractivity contribution is 7.11. The summed E-state index contributed by atoms with van der Waals surface area (Å²) in [6, 6.07) is 7.20. The van der Waals surface area contributed by atoms with Crippen LogP contribution in [-0.4, -0.2) is 22.0 Å². The average molecular weight is 290 g/mol. The second kappa shape index (κ2) is 6.29. The van der Waals surface area contributed by atoms with Gasteiger partial charge in [-0.25, -0.2) is 0 Å². The normalized spacial score (nSPS) is 11.8. The molecule has 0 aliphatic heterocycles. The summed E-state index contributed by atoms with van der Waals surface area (Å²) in [5.41, 5.74) is 3.21. The maximum Gasteiger partial charge on any atom is 0.303 e. The van der Waals surface area contributed by atoms with Gasteiger partial charge in [-0.2, -0.15) is 0 Å². The Labute approximate surface area is 120 Å². The predicted molar refractivity (Wildman–Crippen MR) is 77.2 cm³/mol. The van der Waals surface area contributed by atoms with Crippen molar-refractivity contribution >= 4 is 28.9 Å². The van der Waals surface area contributed by atoms with Crippen molar-refractivity contribution in [3.8, 4) is 0 Å². The number of aliphatic carboxylic acids is 1. The number of rotatable bonds is 5. The first-order valence-electron chi connectivity index (χ1n) is 6.08. The number of nitrogens with zero attached hydrogens (tertiary/aromatic N) is 1. The SMILES string of the molecule is CC(CC(=O)O)c1ccc(NC(=O)c2cncs2)cc1. The lowest BCUT2D eigenvalue weighted by atomic mass is 9.98. The zero-order valence-corrected chi connectivity index (χ0v) is 11.7. The quantitative estimate of drug-likeness (QED) is 0.887. The average Bonchev–Trinajstić information content (AvgIpc) is 2.92. The molecule has 2 rings (SSSR count). The number of benzene rings is 1. The third-order valence-electron chi connectivity index (χ3n) is 2.87. The zero-order valence-electron chi connectivity index (χ0n) is 10.9. The van der Waals surface area contributed by atoms with Crippen molar-refractivity contribution < 1.29 is 14.7 Å². The fourth-order valence-electron chi connectivity index (χ4n) is 1.80. The van der Waals surface area contributed by atoms with Gasteiger partial charge in [0.05, 0.1) is 18.1 Å². The highest BCUT2D eigenvalue weighted by Crippen LogP contribution is 2.21. The molecule has 5 nitrogen and oxygen atoms in total. The van der Waals surface area contributed by atoms with Gasteiger partial charge in [0.1, 0.15) is 4.88 Å². The number of hydrogen-bond acceptors (Lipinski definition) is 4. The summed E-state index contributed by atoms with van der Waals surface area (Å²) >= 11 is 1.28. The van der Waals surface area contributed by atoms with Crippen LogP contribution in [0.4, 0.5) is 5.69 Å². The Morgan fingerprint density at radius 3 is 2.60 bits per heavy atom. The predicted octanol–water partition coefficient (Wildman–Crippen LogP) is 2.97. The molecule has 0 aliphatic carbocycles. The van der Waals surface area contributed by atoms with E-state index in [-0.39, 0.29) is 18.2 Å². The molecule has 0 fully saturated rings. The van der Waals surface area contributed by atoms with Gasteiger partial charge in [0, 0.05) is 5.69 Å². The van der Waals surface area contributed by atoms with Gasteiger partial charge < -0.3 is 10.4 Å². The summed E-state index contributed by atoms with van der Waals surface area (Å²) in [7, 11) is 0. The summed E-state index contributed by atoms with van der Waals surface area (Å²) in [6.45, 7) is 1.86. The van der Waals surface area contributed by atoms with Crippen LogP contribution in [0.25, 0.3) is 0 Å². The van der Waals surface area contributed by atoms with E-state index in [0.29, 0.717) is 10.6 Å². The fraction of sp³-hybridized carbons (Fsp3) is 0.214. The van der Waals surface area contributed by atoms with E-state index in [1.165, 1.54) is 17.5 Å². The first kappa shape index (κ1) is 14.2. The van der Waals surface area contributed by atoms with Crippen molar-refractivity contribution in [1.82, 2.24) is 4.98 Å². The minimum atomic E-state index is -0.819. The molecule has 1 amide bonds. The molecule has 0 aliphatic rings. The van der Waals surface area contributed by atoms with Gasteiger partial charge in [-0.3, -0.25) is 14.6 Å². The molecule has 0 saturated carbocycles. The molecule has 1 unspecified atom stereocenters. The molecule has 0 spiro atoms. The minimum absolute atomic E-state index is 0.0567. The van der Waals surface area contributed by atoms with Crippen LogP contribution in [0.2, 0.25) is 0 Å². The van der Waals surface area contributed by atoms with Gasteiger partial charge in [-0.15, -0.1) is 11.3 Å². The number of amides is 1. The molecule has 2 N–H and O–H groups in total. The Balaban J connectivity index is 2.01. The van der Waals surface area contributed by atoms with Gasteiger partial charge in [-0.1, -0.05) is 19.1 Å². The standard InChI is InChI=1S/C14H14N2O3S/c1-9(6-13(17)18)10-2-4-11(5-3-10)16-14(19)12-7-15-8-20-12/h2-5,7-9H,6H2,1H3,(H,16,19)(H,17,18). The topological polar surface area (TPSA) is 79.3 Å². The Hall–Kier alpha value is -2.21. The number of aromatic nitrogens is 1. The second-order valence-corrected chi connectivity index (χ2v) is 5.33. The van der Waals surface area contributed by atoms with Crippen LogP contribution in [0.5, 0.6) is 0 Å². The number of carboxylic acids is 1. The molecule has 20 heavy (non-hydrogen) atoms. The molecule has 0 saturated heterocycles. The number of carbonyl (C=O) groups is 2. The van der Waals surface area contributed by atoms with E-state index in [2.05, 4.69) is 10.3 Å². The number of carbonyl (C=O) groups excluding carboxylic acids is 1. The Morgan fingerprint density at radius 2 is 2.05 bits per heavy atom. The maximum atomic E-state index is 11.8. The van der Waals surface area contributed by atoms with Gasteiger partial charge >= 0.3 is 5.97 Å². The van der Waals surface area contributed by atoms with E-state index in [4.69, 9.17) is 5.11 Å². The molecule has 1 aromatic heterocycles. The zero-order chi connectivity index (χ0) is 14.5. The van der Waals surface area contributed by atoms with Gasteiger partial charge in [0.2, 0.25) is 0 Å². The van der Waals surface area contributed by atoms with Crippen molar-refractivity contribution in [2.24, 2.45) is 0 Å². The van der Waals surface area contributed by atoms with E-state index < -0.39 is 5.97 Å². The highest BCUT2D eigenvalue weighted by Gasteiger charge is 2.11. The number of hydrogen-bond donors (Lipinski definition) is 2. The van der Waals surface area contributed by atoms with Crippen molar-refractivity contribution in [2.75, 3.05) is 5.32 Å². The summed E-state index contributed by atoms with van der Waals surface area (Å²) in [4.78, 5) is 26.9. The van der Waals surface area contributed by atoms with Gasteiger partial charge in [-0.05, 0) is 23.6 Å². The number of carboxylic acid groups (broad SMARTS) is 1. The molecular weight excluding hydrogens is 276 g/mol. The summed E-state index contributed by atoms with van der Waals surface area (Å²) < 4.78 is 0. The van der Waals surface area contributed by atoms with E-state index in [1.807, 2.05) is 19.1 Å². The lowest BCUT2D eigenvalue weighted by molar-refractivity contribution is -0.137. The van der Waals surface area contributed by atoms with E-state index >= 15 is 0 Å². The smallest absolute Gasteiger partial charge is 0.303 e. The van der Waals surface area contributed by atoms with Crippen LogP contribution in [0.1, 0.15) is 34.5 Å². The monoisotopic (exact) mass is 290 g/mol. The molecule has 1 heterocycles. The van der Waals surface area contributed by atoms with E-state index in [9.17, 15) is 9.59 Å². The van der Waals surface area contributed by atoms with E-state index in [1.54, 1.807) is 17.6 Å². The first-order valence-corrected chi connectivity index (χ1v) is 6.96. The van der Waals surface area contributed by atoms with Crippen LogP contribution in [0, 0.1) is 0 Å². The summed E-state index contributed by atoms with van der Waals surface area (Å²) in [5.74, 6) is -1.07. The largest absolute Gasteiger partial charge is 0.481 e. The van der Waals surface area contributed by atoms with Crippen molar-refractivity contribution in [2.45, 2.75) is 19.3 Å². The Bertz CT molecular complexity index is 593. The summed E-state index contributed by atoms with van der Waals surface area (Å²) in [6.07, 6.45) is 1.61. The Kier molecular flexibility index (Phi) is 4.47. The van der Waals surface area contributed by atoms with Crippen molar-refractivity contribution in [1.29, 1.82) is 0 Å². The Morgan fingerprint density at radius 1 is 1.35 bits per heavy atom. The lowest BCUT2D eigenvalue weighted by Crippen LogP contribution is -2.10. The molecule has 0 radical (unpaired) electrons. The lowest BCUT2D eigenvalue weighted by Gasteiger charge is -2.10. The second-order valence-electron chi connectivity index (χ2n) is 4.44. The number of anilines is 1. The van der Waals surface area contributed by atoms with Crippen LogP contribution < -0.4 is 5.32 Å². The maximum absolute atomic E-state index is 11.8. The fourth-order valence-corrected chi connectivity index (χ4v) is 2.31. The van der Waals surface area contributed by atoms with Crippen LogP contribution in [0.3, 0.4) is 0 Å². The number of thiazole rings is 1. The van der Waals surface area contributed by atoms with Crippen LogP contribution in [-0.2, 0) is 4.79 Å². The van der Waals surface area contributed by atoms with Crippen molar-refractivity contribution in [3.63, 3.8) is 0 Å². The van der Waals surface area contributed by atoms with Crippen molar-refractivity contribution in [3.05, 3.63) is 46.4 Å². The molecule has 0 bridgehead atoms. The van der Waals surface area contributed by atoms with Gasteiger partial charge in [0.15, 0.2) is 0 Å². The third kappa shape index (κ3) is 3.64. The molecule has 6 heteroatoms. The molecule has 1 atom stereocenters.